The first-order chi connectivity index (χ1) is 12.5. The van der Waals surface area contributed by atoms with Crippen molar-refractivity contribution in [2.45, 2.75) is 6.10 Å². The third-order valence-corrected chi connectivity index (χ3v) is 4.98. The average Bonchev–Trinajstić information content (AvgIpc) is 3.34. The molecule has 0 spiro atoms. The minimum atomic E-state index is -1.29. The molecule has 0 bridgehead atoms. The Morgan fingerprint density at radius 2 is 1.96 bits per heavy atom. The lowest BCUT2D eigenvalue weighted by Gasteiger charge is -2.15. The quantitative estimate of drug-likeness (QED) is 0.350. The fourth-order valence-electron chi connectivity index (χ4n) is 2.95. The molecule has 1 aromatic carbocycles. The number of carbonyl (C=O) groups excluding carboxylic acids is 3. The number of anilines is 1. The highest BCUT2D eigenvalue weighted by Crippen LogP contribution is 2.38. The smallest absolute Gasteiger partial charge is 0.293 e. The number of carbonyl (C=O) groups is 3. The Morgan fingerprint density at radius 1 is 1.19 bits per heavy atom. The largest absolute Gasteiger partial charge is 0.381 e. The molecule has 2 aromatic rings. The lowest BCUT2D eigenvalue weighted by atomic mass is 9.96. The predicted octanol–water partition coefficient (Wildman–Crippen LogP) is 1.78. The van der Waals surface area contributed by atoms with E-state index in [-0.39, 0.29) is 11.4 Å². The summed E-state index contributed by atoms with van der Waals surface area (Å²) >= 11 is 1.17. The zero-order valence-electron chi connectivity index (χ0n) is 12.9. The van der Waals surface area contributed by atoms with Crippen LogP contribution in [0.25, 0.3) is 0 Å². The van der Waals surface area contributed by atoms with E-state index < -0.39 is 40.2 Å². The van der Waals surface area contributed by atoms with Gasteiger partial charge in [0, 0.05) is 6.07 Å². The summed E-state index contributed by atoms with van der Waals surface area (Å²) in [6.07, 6.45) is -1.29. The van der Waals surface area contributed by atoms with Gasteiger partial charge in [-0.25, -0.2) is 4.90 Å². The van der Waals surface area contributed by atoms with Crippen LogP contribution >= 0.6 is 11.3 Å². The molecule has 2 aliphatic heterocycles. The molecule has 1 saturated heterocycles. The van der Waals surface area contributed by atoms with Crippen LogP contribution in [0.3, 0.4) is 0 Å². The number of oxime groups is 1. The first kappa shape index (κ1) is 16.1. The monoisotopic (exact) mass is 371 g/mol. The van der Waals surface area contributed by atoms with Crippen molar-refractivity contribution < 1.29 is 24.1 Å². The van der Waals surface area contributed by atoms with Crippen LogP contribution in [0.2, 0.25) is 0 Å². The van der Waals surface area contributed by atoms with Crippen molar-refractivity contribution in [1.29, 1.82) is 0 Å². The van der Waals surface area contributed by atoms with E-state index >= 15 is 0 Å². The van der Waals surface area contributed by atoms with Crippen molar-refractivity contribution in [3.63, 3.8) is 0 Å². The minimum absolute atomic E-state index is 0.159. The van der Waals surface area contributed by atoms with Gasteiger partial charge in [-0.3, -0.25) is 24.5 Å². The molecule has 10 heteroatoms. The predicted molar refractivity (Wildman–Crippen MR) is 90.0 cm³/mol. The van der Waals surface area contributed by atoms with Crippen molar-refractivity contribution in [2.24, 2.45) is 11.1 Å². The fourth-order valence-corrected chi connectivity index (χ4v) is 3.62. The van der Waals surface area contributed by atoms with Crippen LogP contribution in [0.15, 0.2) is 46.9 Å². The number of para-hydroxylation sites is 2. The van der Waals surface area contributed by atoms with E-state index in [4.69, 9.17) is 4.84 Å². The lowest BCUT2D eigenvalue weighted by Crippen LogP contribution is -2.34. The summed E-state index contributed by atoms with van der Waals surface area (Å²) < 4.78 is 0. The number of rotatable bonds is 4. The molecular weight excluding hydrogens is 362 g/mol. The number of thiophene rings is 1. The van der Waals surface area contributed by atoms with E-state index in [1.165, 1.54) is 35.6 Å². The van der Waals surface area contributed by atoms with Crippen molar-refractivity contribution >= 4 is 46.0 Å². The molecule has 3 heterocycles. The molecule has 1 aromatic heterocycles. The molecular formula is C16H9N3O6S. The number of nitrogens with zero attached hydrogens (tertiary/aromatic N) is 3. The molecule has 26 heavy (non-hydrogen) atoms. The minimum Gasteiger partial charge on any atom is -0.381 e. The maximum atomic E-state index is 12.8. The number of amides is 2. The van der Waals surface area contributed by atoms with E-state index in [0.29, 0.717) is 9.78 Å². The van der Waals surface area contributed by atoms with E-state index in [0.717, 1.165) is 0 Å². The van der Waals surface area contributed by atoms with Crippen LogP contribution in [0.5, 0.6) is 0 Å². The molecule has 2 atom stereocenters. The third-order valence-electron chi connectivity index (χ3n) is 4.11. The Morgan fingerprint density at radius 3 is 2.65 bits per heavy atom. The molecule has 2 aliphatic rings. The van der Waals surface area contributed by atoms with Gasteiger partial charge in [0.2, 0.25) is 17.8 Å². The summed E-state index contributed by atoms with van der Waals surface area (Å²) in [6.45, 7) is 0. The number of Topliss-reactive ketones (excluding diaryl/α,β-unsaturated/α-hetero) is 1. The molecule has 9 nitrogen and oxygen atoms in total. The Hall–Kier alpha value is -3.40. The van der Waals surface area contributed by atoms with E-state index in [1.54, 1.807) is 17.5 Å². The second kappa shape index (κ2) is 5.85. The van der Waals surface area contributed by atoms with Gasteiger partial charge in [-0.2, -0.15) is 0 Å². The summed E-state index contributed by atoms with van der Waals surface area (Å²) in [5.41, 5.74) is -0.720. The average molecular weight is 371 g/mol. The van der Waals surface area contributed by atoms with Crippen LogP contribution in [0, 0.1) is 16.0 Å². The summed E-state index contributed by atoms with van der Waals surface area (Å²) in [5.74, 6) is -3.27. The summed E-state index contributed by atoms with van der Waals surface area (Å²) in [7, 11) is 0. The van der Waals surface area contributed by atoms with E-state index in [2.05, 4.69) is 5.16 Å². The maximum absolute atomic E-state index is 12.8. The van der Waals surface area contributed by atoms with Crippen LogP contribution in [0.1, 0.15) is 9.67 Å². The molecule has 4 rings (SSSR count). The normalized spacial score (nSPS) is 21.4. The van der Waals surface area contributed by atoms with Crippen molar-refractivity contribution in [3.05, 3.63) is 56.8 Å². The number of benzene rings is 1. The molecule has 0 aliphatic carbocycles. The maximum Gasteiger partial charge on any atom is 0.293 e. The molecule has 0 saturated carbocycles. The topological polar surface area (TPSA) is 119 Å². The van der Waals surface area contributed by atoms with Gasteiger partial charge in [0.15, 0.2) is 0 Å². The Bertz CT molecular complexity index is 984. The number of nitro groups is 1. The van der Waals surface area contributed by atoms with Crippen LogP contribution in [-0.4, -0.2) is 34.3 Å². The number of hydrogen-bond acceptors (Lipinski definition) is 8. The van der Waals surface area contributed by atoms with Gasteiger partial charge in [0.1, 0.15) is 17.3 Å². The number of imide groups is 1. The number of ketones is 1. The van der Waals surface area contributed by atoms with Gasteiger partial charge >= 0.3 is 0 Å². The molecule has 0 unspecified atom stereocenters. The number of fused-ring (bicyclic) bond motifs is 1. The first-order valence-corrected chi connectivity index (χ1v) is 8.32. The zero-order chi connectivity index (χ0) is 18.4. The first-order valence-electron chi connectivity index (χ1n) is 7.44. The Balaban J connectivity index is 1.72. The van der Waals surface area contributed by atoms with Gasteiger partial charge in [-0.1, -0.05) is 23.4 Å². The van der Waals surface area contributed by atoms with E-state index in [9.17, 15) is 24.5 Å². The van der Waals surface area contributed by atoms with Crippen molar-refractivity contribution in [1.82, 2.24) is 0 Å². The highest BCUT2D eigenvalue weighted by Gasteiger charge is 2.58. The number of nitro benzene ring substituents is 1. The number of hydrogen-bond donors (Lipinski definition) is 0. The fraction of sp³-hybridized carbons (Fsp3) is 0.125. The van der Waals surface area contributed by atoms with Crippen LogP contribution in [0.4, 0.5) is 11.4 Å². The van der Waals surface area contributed by atoms with Gasteiger partial charge < -0.3 is 4.84 Å². The SMILES string of the molecule is O=C(C1=NO[C@@H]2C(=O)N(c3ccccc3[N+](=O)[O-])C(=O)[C@@H]12)c1cccs1. The molecule has 0 N–H and O–H groups in total. The highest BCUT2D eigenvalue weighted by molar-refractivity contribution is 7.13. The molecule has 1 fully saturated rings. The zero-order valence-corrected chi connectivity index (χ0v) is 13.7. The third kappa shape index (κ3) is 2.23. The van der Waals surface area contributed by atoms with Crippen molar-refractivity contribution in [3.8, 4) is 0 Å². The summed E-state index contributed by atoms with van der Waals surface area (Å²) in [5, 5.41) is 16.5. The summed E-state index contributed by atoms with van der Waals surface area (Å²) in [6, 6.07) is 8.64. The van der Waals surface area contributed by atoms with Gasteiger partial charge in [-0.15, -0.1) is 11.3 Å². The molecule has 2 amide bonds. The lowest BCUT2D eigenvalue weighted by molar-refractivity contribution is -0.384. The van der Waals surface area contributed by atoms with Crippen molar-refractivity contribution in [2.75, 3.05) is 4.90 Å². The van der Waals surface area contributed by atoms with E-state index in [1.807, 2.05) is 0 Å². The second-order valence-corrected chi connectivity index (χ2v) is 6.49. The second-order valence-electron chi connectivity index (χ2n) is 5.54. The summed E-state index contributed by atoms with van der Waals surface area (Å²) in [4.78, 5) is 54.6. The Kier molecular flexibility index (Phi) is 3.62. The van der Waals surface area contributed by atoms with Gasteiger partial charge in [0.05, 0.1) is 9.80 Å². The van der Waals surface area contributed by atoms with Gasteiger partial charge in [-0.05, 0) is 17.5 Å². The van der Waals surface area contributed by atoms with Gasteiger partial charge in [0.25, 0.3) is 11.6 Å². The van der Waals surface area contributed by atoms with Crippen LogP contribution in [-0.2, 0) is 14.4 Å². The standard InChI is InChI=1S/C16H9N3O6S/c20-13(10-6-3-7-26-10)12-11-14(25-17-12)16(22)18(15(11)21)8-4-1-2-5-9(8)19(23)24/h1-7,11,14H/t11-,14-/m0/s1. The molecule has 0 radical (unpaired) electrons. The van der Waals surface area contributed by atoms with Crippen LogP contribution < -0.4 is 4.90 Å². The highest BCUT2D eigenvalue weighted by atomic mass is 32.1. The molecule has 130 valence electrons. The Labute approximate surface area is 149 Å².